The Bertz CT molecular complexity index is 391. The Morgan fingerprint density at radius 1 is 1.22 bits per heavy atom. The first kappa shape index (κ1) is 13.3. The Labute approximate surface area is 110 Å². The molecule has 0 spiro atoms. The Morgan fingerprint density at radius 3 is 2.39 bits per heavy atom. The van der Waals surface area contributed by atoms with Gasteiger partial charge in [-0.05, 0) is 45.0 Å². The van der Waals surface area contributed by atoms with Crippen LogP contribution >= 0.6 is 0 Å². The Hall–Kier alpha value is -1.15. The van der Waals surface area contributed by atoms with Gasteiger partial charge in [-0.15, -0.1) is 0 Å². The van der Waals surface area contributed by atoms with Crippen LogP contribution in [-0.4, -0.2) is 30.8 Å². The highest BCUT2D eigenvalue weighted by Crippen LogP contribution is 2.37. The first-order chi connectivity index (χ1) is 8.69. The fraction of sp³-hybridized carbons (Fsp3) is 0.562. The zero-order chi connectivity index (χ0) is 13.0. The molecule has 1 aliphatic heterocycles. The van der Waals surface area contributed by atoms with E-state index in [-0.39, 0.29) is 5.41 Å². The van der Waals surface area contributed by atoms with E-state index in [0.29, 0.717) is 12.2 Å². The van der Waals surface area contributed by atoms with E-state index in [0.717, 1.165) is 32.4 Å². The van der Waals surface area contributed by atoms with Crippen molar-refractivity contribution in [3.63, 3.8) is 0 Å². The average molecular weight is 245 g/mol. The molecule has 1 saturated heterocycles. The molecule has 0 saturated carbocycles. The van der Waals surface area contributed by atoms with E-state index in [2.05, 4.69) is 43.1 Å². The van der Waals surface area contributed by atoms with E-state index in [9.17, 15) is 4.79 Å². The summed E-state index contributed by atoms with van der Waals surface area (Å²) >= 11 is 0. The van der Waals surface area contributed by atoms with Crippen LogP contribution in [0.25, 0.3) is 0 Å². The van der Waals surface area contributed by atoms with Crippen LogP contribution in [0.5, 0.6) is 0 Å². The lowest BCUT2D eigenvalue weighted by atomic mass is 9.69. The van der Waals surface area contributed by atoms with Gasteiger partial charge in [-0.3, -0.25) is 4.79 Å². The van der Waals surface area contributed by atoms with E-state index >= 15 is 0 Å². The minimum atomic E-state index is -0.218. The van der Waals surface area contributed by atoms with Gasteiger partial charge in [-0.1, -0.05) is 37.3 Å². The molecule has 2 heteroatoms. The van der Waals surface area contributed by atoms with Gasteiger partial charge in [-0.2, -0.15) is 0 Å². The van der Waals surface area contributed by atoms with Gasteiger partial charge in [0, 0.05) is 6.42 Å². The van der Waals surface area contributed by atoms with Crippen LogP contribution in [0.15, 0.2) is 30.3 Å². The molecule has 0 amide bonds. The highest BCUT2D eigenvalue weighted by molar-refractivity contribution is 5.90. The van der Waals surface area contributed by atoms with E-state index < -0.39 is 0 Å². The van der Waals surface area contributed by atoms with Crippen LogP contribution in [0.3, 0.4) is 0 Å². The van der Waals surface area contributed by atoms with Crippen molar-refractivity contribution in [2.75, 3.05) is 20.1 Å². The summed E-state index contributed by atoms with van der Waals surface area (Å²) in [4.78, 5) is 14.9. The molecule has 0 N–H and O–H groups in total. The van der Waals surface area contributed by atoms with Gasteiger partial charge >= 0.3 is 0 Å². The van der Waals surface area contributed by atoms with Crippen molar-refractivity contribution in [2.24, 2.45) is 0 Å². The summed E-state index contributed by atoms with van der Waals surface area (Å²) in [5, 5.41) is 0. The molecule has 0 aromatic heterocycles. The Morgan fingerprint density at radius 2 is 1.83 bits per heavy atom. The predicted octanol–water partition coefficient (Wildman–Crippen LogP) is 3.02. The topological polar surface area (TPSA) is 20.3 Å². The van der Waals surface area contributed by atoms with Gasteiger partial charge in [0.25, 0.3) is 0 Å². The molecular weight excluding hydrogens is 222 g/mol. The van der Waals surface area contributed by atoms with Crippen molar-refractivity contribution >= 4 is 5.78 Å². The maximum atomic E-state index is 12.6. The van der Waals surface area contributed by atoms with E-state index in [1.807, 2.05) is 6.07 Å². The van der Waals surface area contributed by atoms with Crippen LogP contribution in [-0.2, 0) is 10.2 Å². The van der Waals surface area contributed by atoms with Crippen molar-refractivity contribution in [2.45, 2.75) is 38.0 Å². The van der Waals surface area contributed by atoms with Crippen LogP contribution in [0, 0.1) is 0 Å². The van der Waals surface area contributed by atoms with Gasteiger partial charge < -0.3 is 4.90 Å². The number of benzene rings is 1. The third-order valence-electron chi connectivity index (χ3n) is 4.18. The smallest absolute Gasteiger partial charge is 0.143 e. The number of hydrogen-bond donors (Lipinski definition) is 0. The van der Waals surface area contributed by atoms with Crippen LogP contribution in [0.1, 0.15) is 38.2 Å². The molecule has 1 fully saturated rings. The quantitative estimate of drug-likeness (QED) is 0.812. The number of ketones is 1. The normalized spacial score (nSPS) is 19.7. The third kappa shape index (κ3) is 2.49. The predicted molar refractivity (Wildman–Crippen MR) is 74.8 cm³/mol. The maximum Gasteiger partial charge on any atom is 0.143 e. The van der Waals surface area contributed by atoms with E-state index in [1.165, 1.54) is 5.56 Å². The number of piperidine rings is 1. The molecule has 1 aliphatic rings. The first-order valence-corrected chi connectivity index (χ1v) is 6.96. The van der Waals surface area contributed by atoms with Gasteiger partial charge in [0.15, 0.2) is 0 Å². The molecule has 2 nitrogen and oxygen atoms in total. The molecule has 2 rings (SSSR count). The minimum absolute atomic E-state index is 0.218. The summed E-state index contributed by atoms with van der Waals surface area (Å²) in [6.45, 7) is 4.13. The lowest BCUT2D eigenvalue weighted by Crippen LogP contribution is -2.46. The molecule has 1 heterocycles. The lowest BCUT2D eigenvalue weighted by molar-refractivity contribution is -0.126. The van der Waals surface area contributed by atoms with E-state index in [4.69, 9.17) is 0 Å². The van der Waals surface area contributed by atoms with Crippen molar-refractivity contribution in [3.05, 3.63) is 35.9 Å². The monoisotopic (exact) mass is 245 g/mol. The van der Waals surface area contributed by atoms with Gasteiger partial charge in [0.1, 0.15) is 5.78 Å². The number of likely N-dealkylation sites (tertiary alicyclic amines) is 1. The zero-order valence-corrected chi connectivity index (χ0v) is 11.5. The second-order valence-corrected chi connectivity index (χ2v) is 5.42. The van der Waals surface area contributed by atoms with Crippen molar-refractivity contribution in [3.8, 4) is 0 Å². The summed E-state index contributed by atoms with van der Waals surface area (Å²) in [5.74, 6) is 0.435. The van der Waals surface area contributed by atoms with Gasteiger partial charge in [-0.25, -0.2) is 0 Å². The van der Waals surface area contributed by atoms with Crippen LogP contribution < -0.4 is 0 Å². The summed E-state index contributed by atoms with van der Waals surface area (Å²) < 4.78 is 0. The number of Topliss-reactive ketones (excluding diaryl/α,β-unsaturated/α-hetero) is 1. The number of carbonyl (C=O) groups is 1. The molecule has 0 bridgehead atoms. The standard InChI is InChI=1S/C16H23NO/c1-3-7-15(18)16(10-12-17(2)13-11-16)14-8-5-4-6-9-14/h4-6,8-9H,3,7,10-13H2,1-2H3. The van der Waals surface area contributed by atoms with Crippen molar-refractivity contribution in [1.29, 1.82) is 0 Å². The average Bonchev–Trinajstić information content (AvgIpc) is 2.41. The highest BCUT2D eigenvalue weighted by Gasteiger charge is 2.40. The van der Waals surface area contributed by atoms with Crippen molar-refractivity contribution < 1.29 is 4.79 Å². The fourth-order valence-electron chi connectivity index (χ4n) is 2.95. The number of carbonyl (C=O) groups excluding carboxylic acids is 1. The summed E-state index contributed by atoms with van der Waals surface area (Å²) in [6.07, 6.45) is 3.58. The largest absolute Gasteiger partial charge is 0.306 e. The Balaban J connectivity index is 2.31. The third-order valence-corrected chi connectivity index (χ3v) is 4.18. The molecule has 1 aromatic carbocycles. The van der Waals surface area contributed by atoms with Gasteiger partial charge in [0.2, 0.25) is 0 Å². The summed E-state index contributed by atoms with van der Waals surface area (Å²) in [7, 11) is 2.14. The second-order valence-electron chi connectivity index (χ2n) is 5.42. The SMILES string of the molecule is CCCC(=O)C1(c2ccccc2)CCN(C)CC1. The van der Waals surface area contributed by atoms with Crippen LogP contribution in [0.2, 0.25) is 0 Å². The number of nitrogens with zero attached hydrogens (tertiary/aromatic N) is 1. The van der Waals surface area contributed by atoms with E-state index in [1.54, 1.807) is 0 Å². The summed E-state index contributed by atoms with van der Waals surface area (Å²) in [5.41, 5.74) is 1.00. The molecule has 1 aromatic rings. The molecule has 0 atom stereocenters. The molecule has 0 unspecified atom stereocenters. The van der Waals surface area contributed by atoms with Crippen LogP contribution in [0.4, 0.5) is 0 Å². The minimum Gasteiger partial charge on any atom is -0.306 e. The molecule has 0 aliphatic carbocycles. The molecule has 18 heavy (non-hydrogen) atoms. The summed E-state index contributed by atoms with van der Waals surface area (Å²) in [6, 6.07) is 10.4. The van der Waals surface area contributed by atoms with Gasteiger partial charge in [0.05, 0.1) is 5.41 Å². The maximum absolute atomic E-state index is 12.6. The molecule has 0 radical (unpaired) electrons. The molecule has 98 valence electrons. The number of hydrogen-bond acceptors (Lipinski definition) is 2. The highest BCUT2D eigenvalue weighted by atomic mass is 16.1. The lowest BCUT2D eigenvalue weighted by Gasteiger charge is -2.40. The zero-order valence-electron chi connectivity index (χ0n) is 11.5. The first-order valence-electron chi connectivity index (χ1n) is 6.96. The number of rotatable bonds is 4. The Kier molecular flexibility index (Phi) is 4.18. The fourth-order valence-corrected chi connectivity index (χ4v) is 2.95. The molecular formula is C16H23NO. The second kappa shape index (κ2) is 5.66. The van der Waals surface area contributed by atoms with Crippen molar-refractivity contribution in [1.82, 2.24) is 4.90 Å².